The number of aromatic nitrogens is 2. The summed E-state index contributed by atoms with van der Waals surface area (Å²) in [5.74, 6) is -0.0976. The molecule has 0 radical (unpaired) electrons. The van der Waals surface area contributed by atoms with Gasteiger partial charge < -0.3 is 10.3 Å². The number of nitrogens with one attached hydrogen (secondary N) is 2. The minimum absolute atomic E-state index is 0.0976. The van der Waals surface area contributed by atoms with Crippen molar-refractivity contribution in [2.75, 3.05) is 0 Å². The molecule has 0 atom stereocenters. The summed E-state index contributed by atoms with van der Waals surface area (Å²) in [6.45, 7) is 0.513. The zero-order chi connectivity index (χ0) is 12.4. The lowest BCUT2D eigenvalue weighted by Gasteiger charge is -2.00. The molecule has 18 heavy (non-hydrogen) atoms. The lowest BCUT2D eigenvalue weighted by molar-refractivity contribution is 0.0947. The van der Waals surface area contributed by atoms with Gasteiger partial charge in [-0.3, -0.25) is 9.78 Å². The van der Waals surface area contributed by atoms with Gasteiger partial charge in [0, 0.05) is 22.0 Å². The molecule has 2 aromatic heterocycles. The largest absolute Gasteiger partial charge is 0.351 e. The molecule has 1 aromatic carbocycles. The van der Waals surface area contributed by atoms with E-state index in [9.17, 15) is 4.79 Å². The summed E-state index contributed by atoms with van der Waals surface area (Å²) in [5, 5.41) is 3.90. The number of benzene rings is 1. The second kappa shape index (κ2) is 4.62. The molecule has 0 spiro atoms. The molecule has 0 fully saturated rings. The van der Waals surface area contributed by atoms with Crippen LogP contribution in [0.2, 0.25) is 0 Å². The highest BCUT2D eigenvalue weighted by molar-refractivity contribution is 7.09. The van der Waals surface area contributed by atoms with E-state index < -0.39 is 0 Å². The Bertz CT molecular complexity index is 639. The number of rotatable bonds is 3. The van der Waals surface area contributed by atoms with Gasteiger partial charge in [0.15, 0.2) is 0 Å². The lowest BCUT2D eigenvalue weighted by atomic mass is 10.2. The average molecular weight is 257 g/mol. The average Bonchev–Trinajstić information content (AvgIpc) is 3.04. The first kappa shape index (κ1) is 11.0. The highest BCUT2D eigenvalue weighted by atomic mass is 32.1. The number of para-hydroxylation sites is 1. The molecule has 3 aromatic rings. The maximum Gasteiger partial charge on any atom is 0.268 e. The Balaban J connectivity index is 1.75. The summed E-state index contributed by atoms with van der Waals surface area (Å²) in [4.78, 5) is 20.1. The first-order chi connectivity index (χ1) is 8.83. The van der Waals surface area contributed by atoms with Crippen LogP contribution in [0, 0.1) is 0 Å². The molecule has 2 heterocycles. The van der Waals surface area contributed by atoms with Gasteiger partial charge in [0.05, 0.1) is 12.1 Å². The van der Waals surface area contributed by atoms with Crippen LogP contribution in [-0.4, -0.2) is 15.9 Å². The van der Waals surface area contributed by atoms with Crippen LogP contribution in [-0.2, 0) is 6.54 Å². The second-order valence-electron chi connectivity index (χ2n) is 3.92. The van der Waals surface area contributed by atoms with E-state index in [1.165, 1.54) is 11.3 Å². The molecular formula is C13H11N3OS. The third kappa shape index (κ3) is 2.12. The minimum atomic E-state index is -0.0976. The predicted molar refractivity (Wildman–Crippen MR) is 71.6 cm³/mol. The predicted octanol–water partition coefficient (Wildman–Crippen LogP) is 2.55. The molecule has 0 aliphatic rings. The quantitative estimate of drug-likeness (QED) is 0.757. The first-order valence-electron chi connectivity index (χ1n) is 5.56. The molecule has 0 aliphatic heterocycles. The van der Waals surface area contributed by atoms with E-state index in [1.807, 2.05) is 30.3 Å². The zero-order valence-corrected chi connectivity index (χ0v) is 10.3. The first-order valence-corrected chi connectivity index (χ1v) is 6.44. The van der Waals surface area contributed by atoms with Crippen LogP contribution in [0.5, 0.6) is 0 Å². The SMILES string of the molecule is O=C(NCc1cncs1)c1cc2ccccc2[nH]1. The molecule has 1 amide bonds. The highest BCUT2D eigenvalue weighted by Crippen LogP contribution is 2.14. The van der Waals surface area contributed by atoms with Crippen LogP contribution >= 0.6 is 11.3 Å². The van der Waals surface area contributed by atoms with E-state index in [4.69, 9.17) is 0 Å². The summed E-state index contributed by atoms with van der Waals surface area (Å²) in [6.07, 6.45) is 1.76. The van der Waals surface area contributed by atoms with Crippen molar-refractivity contribution >= 4 is 28.1 Å². The number of carbonyl (C=O) groups is 1. The van der Waals surface area contributed by atoms with Gasteiger partial charge >= 0.3 is 0 Å². The maximum absolute atomic E-state index is 12.0. The van der Waals surface area contributed by atoms with Crippen LogP contribution in [0.1, 0.15) is 15.4 Å². The fourth-order valence-electron chi connectivity index (χ4n) is 1.79. The van der Waals surface area contributed by atoms with Crippen molar-refractivity contribution in [3.63, 3.8) is 0 Å². The van der Waals surface area contributed by atoms with Crippen molar-refractivity contribution in [1.29, 1.82) is 0 Å². The molecule has 0 saturated heterocycles. The van der Waals surface area contributed by atoms with Crippen molar-refractivity contribution in [3.05, 3.63) is 52.6 Å². The number of hydrogen-bond donors (Lipinski definition) is 2. The Labute approximate surface area is 108 Å². The van der Waals surface area contributed by atoms with E-state index in [2.05, 4.69) is 15.3 Å². The fraction of sp³-hybridized carbons (Fsp3) is 0.0769. The normalized spacial score (nSPS) is 10.7. The molecule has 2 N–H and O–H groups in total. The van der Waals surface area contributed by atoms with Crippen molar-refractivity contribution in [3.8, 4) is 0 Å². The van der Waals surface area contributed by atoms with Crippen molar-refractivity contribution < 1.29 is 4.79 Å². The number of nitrogens with zero attached hydrogens (tertiary/aromatic N) is 1. The van der Waals surface area contributed by atoms with Crippen LogP contribution in [0.4, 0.5) is 0 Å². The summed E-state index contributed by atoms with van der Waals surface area (Å²) in [7, 11) is 0. The summed E-state index contributed by atoms with van der Waals surface area (Å²) >= 11 is 1.53. The number of aromatic amines is 1. The lowest BCUT2D eigenvalue weighted by Crippen LogP contribution is -2.22. The standard InChI is InChI=1S/C13H11N3OS/c17-13(15-7-10-6-14-8-18-10)12-5-9-3-1-2-4-11(9)16-12/h1-6,8,16H,7H2,(H,15,17). The third-order valence-electron chi connectivity index (χ3n) is 2.68. The van der Waals surface area contributed by atoms with Crippen LogP contribution in [0.25, 0.3) is 10.9 Å². The van der Waals surface area contributed by atoms with Gasteiger partial charge in [-0.25, -0.2) is 0 Å². The summed E-state index contributed by atoms with van der Waals surface area (Å²) in [5.41, 5.74) is 3.31. The van der Waals surface area contributed by atoms with E-state index in [1.54, 1.807) is 11.7 Å². The number of carbonyl (C=O) groups excluding carboxylic acids is 1. The van der Waals surface area contributed by atoms with Crippen LogP contribution in [0.3, 0.4) is 0 Å². The molecule has 5 heteroatoms. The Morgan fingerprint density at radius 2 is 2.28 bits per heavy atom. The van der Waals surface area contributed by atoms with Crippen LogP contribution < -0.4 is 5.32 Å². The zero-order valence-electron chi connectivity index (χ0n) is 9.51. The van der Waals surface area contributed by atoms with Crippen molar-refractivity contribution in [1.82, 2.24) is 15.3 Å². The van der Waals surface area contributed by atoms with Gasteiger partial charge in [-0.1, -0.05) is 18.2 Å². The van der Waals surface area contributed by atoms with Crippen LogP contribution in [0.15, 0.2) is 42.0 Å². The smallest absolute Gasteiger partial charge is 0.268 e. The molecule has 3 rings (SSSR count). The second-order valence-corrected chi connectivity index (χ2v) is 4.89. The van der Waals surface area contributed by atoms with E-state index in [0.29, 0.717) is 12.2 Å². The van der Waals surface area contributed by atoms with E-state index in [-0.39, 0.29) is 5.91 Å². The van der Waals surface area contributed by atoms with Crippen molar-refractivity contribution in [2.45, 2.75) is 6.54 Å². The van der Waals surface area contributed by atoms with E-state index >= 15 is 0 Å². The van der Waals surface area contributed by atoms with Crippen molar-refractivity contribution in [2.24, 2.45) is 0 Å². The summed E-state index contributed by atoms with van der Waals surface area (Å²) in [6, 6.07) is 9.69. The number of thiazole rings is 1. The number of hydrogen-bond acceptors (Lipinski definition) is 3. The Hall–Kier alpha value is -2.14. The molecule has 0 bridgehead atoms. The molecule has 4 nitrogen and oxygen atoms in total. The summed E-state index contributed by atoms with van der Waals surface area (Å²) < 4.78 is 0. The van der Waals surface area contributed by atoms with Gasteiger partial charge in [0.25, 0.3) is 5.91 Å². The van der Waals surface area contributed by atoms with Gasteiger partial charge in [-0.15, -0.1) is 11.3 Å². The monoisotopic (exact) mass is 257 g/mol. The minimum Gasteiger partial charge on any atom is -0.351 e. The number of amides is 1. The molecule has 0 unspecified atom stereocenters. The number of H-pyrrole nitrogens is 1. The molecule has 0 aliphatic carbocycles. The topological polar surface area (TPSA) is 57.8 Å². The maximum atomic E-state index is 12.0. The van der Waals surface area contributed by atoms with Gasteiger partial charge in [-0.05, 0) is 12.1 Å². The highest BCUT2D eigenvalue weighted by Gasteiger charge is 2.08. The fourth-order valence-corrected chi connectivity index (χ4v) is 2.32. The van der Waals surface area contributed by atoms with Gasteiger partial charge in [0.1, 0.15) is 5.69 Å². The molecule has 0 saturated carbocycles. The van der Waals surface area contributed by atoms with Gasteiger partial charge in [-0.2, -0.15) is 0 Å². The van der Waals surface area contributed by atoms with E-state index in [0.717, 1.165) is 15.8 Å². The molecule has 90 valence electrons. The number of fused-ring (bicyclic) bond motifs is 1. The third-order valence-corrected chi connectivity index (χ3v) is 3.46. The Kier molecular flexibility index (Phi) is 2.82. The Morgan fingerprint density at radius 1 is 1.39 bits per heavy atom. The molecular weight excluding hydrogens is 246 g/mol. The van der Waals surface area contributed by atoms with Gasteiger partial charge in [0.2, 0.25) is 0 Å². The Morgan fingerprint density at radius 3 is 3.06 bits per heavy atom.